The zero-order valence-corrected chi connectivity index (χ0v) is 12.2. The van der Waals surface area contributed by atoms with E-state index in [9.17, 15) is 10.1 Å². The molecule has 2 N–H and O–H groups in total. The van der Waals surface area contributed by atoms with Crippen molar-refractivity contribution in [1.29, 1.82) is 0 Å². The Morgan fingerprint density at radius 1 is 1.47 bits per heavy atom. The molecule has 2 rings (SSSR count). The maximum absolute atomic E-state index is 10.9. The number of rotatable bonds is 4. The summed E-state index contributed by atoms with van der Waals surface area (Å²) in [7, 11) is 0. The predicted molar refractivity (Wildman–Crippen MR) is 78.7 cm³/mol. The summed E-state index contributed by atoms with van der Waals surface area (Å²) in [5, 5.41) is 11.4. The predicted octanol–water partition coefficient (Wildman–Crippen LogP) is 3.54. The zero-order valence-electron chi connectivity index (χ0n) is 10.5. The molecule has 0 spiro atoms. The summed E-state index contributed by atoms with van der Waals surface area (Å²) in [6, 6.07) is 5.16. The Bertz CT molecular complexity index is 625. The Hall–Kier alpha value is -1.60. The van der Waals surface area contributed by atoms with Crippen LogP contribution in [0.1, 0.15) is 16.8 Å². The van der Waals surface area contributed by atoms with Gasteiger partial charge in [0.15, 0.2) is 5.13 Å². The van der Waals surface area contributed by atoms with Crippen LogP contribution >= 0.6 is 23.1 Å². The first-order valence-electron chi connectivity index (χ1n) is 5.57. The molecule has 2 aromatic rings. The largest absolute Gasteiger partial charge is 0.375 e. The number of benzene rings is 1. The number of nitrogen functional groups attached to an aromatic ring is 1. The van der Waals surface area contributed by atoms with Gasteiger partial charge in [-0.25, -0.2) is 4.98 Å². The van der Waals surface area contributed by atoms with Crippen LogP contribution in [0.2, 0.25) is 0 Å². The standard InChI is InChI=1S/C12H13N3O2S2/c1-7-9(4-3-5-10(7)15(16)17)6-18-11-8(2)14-12(13)19-11/h3-5H,6H2,1-2H3,(H2,13,14). The third-order valence-corrected chi connectivity index (χ3v) is 5.14. The lowest BCUT2D eigenvalue weighted by Crippen LogP contribution is -1.95. The third kappa shape index (κ3) is 3.05. The summed E-state index contributed by atoms with van der Waals surface area (Å²) in [4.78, 5) is 14.7. The van der Waals surface area contributed by atoms with E-state index in [1.54, 1.807) is 24.8 Å². The van der Waals surface area contributed by atoms with Gasteiger partial charge in [0.2, 0.25) is 0 Å². The van der Waals surface area contributed by atoms with Gasteiger partial charge in [0.25, 0.3) is 5.69 Å². The van der Waals surface area contributed by atoms with Gasteiger partial charge >= 0.3 is 0 Å². The smallest absolute Gasteiger partial charge is 0.272 e. The Morgan fingerprint density at radius 3 is 2.79 bits per heavy atom. The minimum absolute atomic E-state index is 0.165. The van der Waals surface area contributed by atoms with E-state index in [0.717, 1.165) is 21.0 Å². The Kier molecular flexibility index (Phi) is 4.06. The van der Waals surface area contributed by atoms with Gasteiger partial charge in [0.1, 0.15) is 0 Å². The highest BCUT2D eigenvalue weighted by Gasteiger charge is 2.14. The number of nitrogens with two attached hydrogens (primary N) is 1. The van der Waals surface area contributed by atoms with Gasteiger partial charge in [0.05, 0.1) is 14.8 Å². The molecule has 5 nitrogen and oxygen atoms in total. The summed E-state index contributed by atoms with van der Waals surface area (Å²) < 4.78 is 1.06. The van der Waals surface area contributed by atoms with Gasteiger partial charge in [-0.2, -0.15) is 0 Å². The van der Waals surface area contributed by atoms with E-state index in [-0.39, 0.29) is 10.6 Å². The summed E-state index contributed by atoms with van der Waals surface area (Å²) in [6.45, 7) is 3.69. The normalized spacial score (nSPS) is 10.6. The third-order valence-electron chi connectivity index (χ3n) is 2.74. The van der Waals surface area contributed by atoms with Gasteiger partial charge < -0.3 is 5.73 Å². The lowest BCUT2D eigenvalue weighted by Gasteiger charge is -2.05. The summed E-state index contributed by atoms with van der Waals surface area (Å²) >= 11 is 3.05. The van der Waals surface area contributed by atoms with Gasteiger partial charge in [-0.15, -0.1) is 11.8 Å². The number of aromatic nitrogens is 1. The molecule has 0 atom stereocenters. The van der Waals surface area contributed by atoms with Crippen molar-refractivity contribution < 1.29 is 4.92 Å². The van der Waals surface area contributed by atoms with E-state index in [4.69, 9.17) is 5.73 Å². The van der Waals surface area contributed by atoms with Crippen LogP contribution in [-0.4, -0.2) is 9.91 Å². The zero-order chi connectivity index (χ0) is 14.0. The molecule has 1 aromatic carbocycles. The average molecular weight is 295 g/mol. The lowest BCUT2D eigenvalue weighted by atomic mass is 10.1. The molecule has 1 heterocycles. The minimum atomic E-state index is -0.348. The van der Waals surface area contributed by atoms with Crippen LogP contribution in [0.5, 0.6) is 0 Å². The molecule has 0 unspecified atom stereocenters. The van der Waals surface area contributed by atoms with Crippen molar-refractivity contribution in [3.63, 3.8) is 0 Å². The first kappa shape index (κ1) is 13.8. The Balaban J connectivity index is 2.18. The fraction of sp³-hybridized carbons (Fsp3) is 0.250. The van der Waals surface area contributed by atoms with Crippen molar-refractivity contribution in [1.82, 2.24) is 4.98 Å². The molecular formula is C12H13N3O2S2. The molecule has 7 heteroatoms. The van der Waals surface area contributed by atoms with Crippen LogP contribution in [0.4, 0.5) is 10.8 Å². The molecule has 1 aromatic heterocycles. The number of aryl methyl sites for hydroxylation is 1. The molecule has 0 saturated heterocycles. The van der Waals surface area contributed by atoms with E-state index in [0.29, 0.717) is 10.9 Å². The van der Waals surface area contributed by atoms with Gasteiger partial charge in [-0.1, -0.05) is 23.5 Å². The molecule has 0 aliphatic carbocycles. The summed E-state index contributed by atoms with van der Waals surface area (Å²) in [6.07, 6.45) is 0. The second-order valence-corrected chi connectivity index (χ2v) is 6.31. The first-order valence-corrected chi connectivity index (χ1v) is 7.38. The Labute approximate surface area is 119 Å². The molecular weight excluding hydrogens is 282 g/mol. The molecule has 0 aliphatic rings. The number of nitrogens with zero attached hydrogens (tertiary/aromatic N) is 2. The van der Waals surface area contributed by atoms with Crippen molar-refractivity contribution in [2.45, 2.75) is 23.8 Å². The van der Waals surface area contributed by atoms with Crippen LogP contribution in [-0.2, 0) is 5.75 Å². The average Bonchev–Trinajstić information content (AvgIpc) is 2.66. The number of nitro benzene ring substituents is 1. The highest BCUT2D eigenvalue weighted by Crippen LogP contribution is 2.34. The second-order valence-electron chi connectivity index (χ2n) is 4.03. The fourth-order valence-corrected chi connectivity index (χ4v) is 3.79. The monoisotopic (exact) mass is 295 g/mol. The molecule has 0 aliphatic heterocycles. The first-order chi connectivity index (χ1) is 8.99. The van der Waals surface area contributed by atoms with Crippen LogP contribution < -0.4 is 5.73 Å². The second kappa shape index (κ2) is 5.58. The van der Waals surface area contributed by atoms with E-state index >= 15 is 0 Å². The number of hydrogen-bond donors (Lipinski definition) is 1. The maximum atomic E-state index is 10.9. The number of anilines is 1. The van der Waals surface area contributed by atoms with Crippen molar-refractivity contribution >= 4 is 33.9 Å². The SMILES string of the molecule is Cc1nc(N)sc1SCc1cccc([N+](=O)[O-])c1C. The summed E-state index contributed by atoms with van der Waals surface area (Å²) in [5.74, 6) is 0.677. The molecule has 0 bridgehead atoms. The van der Waals surface area contributed by atoms with Crippen molar-refractivity contribution in [3.05, 3.63) is 45.1 Å². The highest BCUT2D eigenvalue weighted by atomic mass is 32.2. The van der Waals surface area contributed by atoms with Crippen molar-refractivity contribution in [2.75, 3.05) is 5.73 Å². The Morgan fingerprint density at radius 2 is 2.21 bits per heavy atom. The molecule has 19 heavy (non-hydrogen) atoms. The number of hydrogen-bond acceptors (Lipinski definition) is 6. The number of nitro groups is 1. The van der Waals surface area contributed by atoms with Gasteiger partial charge in [0, 0.05) is 17.4 Å². The molecule has 100 valence electrons. The molecule has 0 amide bonds. The van der Waals surface area contributed by atoms with Crippen LogP contribution in [0, 0.1) is 24.0 Å². The topological polar surface area (TPSA) is 82.0 Å². The van der Waals surface area contributed by atoms with E-state index < -0.39 is 0 Å². The van der Waals surface area contributed by atoms with Gasteiger partial charge in [-0.05, 0) is 19.4 Å². The maximum Gasteiger partial charge on any atom is 0.272 e. The minimum Gasteiger partial charge on any atom is -0.375 e. The lowest BCUT2D eigenvalue weighted by molar-refractivity contribution is -0.385. The van der Waals surface area contributed by atoms with E-state index in [1.165, 1.54) is 17.4 Å². The summed E-state index contributed by atoms with van der Waals surface area (Å²) in [5.41, 5.74) is 8.41. The number of thiazole rings is 1. The van der Waals surface area contributed by atoms with Crippen molar-refractivity contribution in [3.8, 4) is 0 Å². The number of thioether (sulfide) groups is 1. The quantitative estimate of drug-likeness (QED) is 0.530. The van der Waals surface area contributed by atoms with Crippen LogP contribution in [0.15, 0.2) is 22.4 Å². The van der Waals surface area contributed by atoms with Gasteiger partial charge in [-0.3, -0.25) is 10.1 Å². The molecule has 0 radical (unpaired) electrons. The van der Waals surface area contributed by atoms with E-state index in [1.807, 2.05) is 13.0 Å². The van der Waals surface area contributed by atoms with Crippen LogP contribution in [0.3, 0.4) is 0 Å². The van der Waals surface area contributed by atoms with E-state index in [2.05, 4.69) is 4.98 Å². The highest BCUT2D eigenvalue weighted by molar-refractivity contribution is 8.00. The fourth-order valence-electron chi connectivity index (χ4n) is 1.70. The van der Waals surface area contributed by atoms with Crippen molar-refractivity contribution in [2.24, 2.45) is 0 Å². The van der Waals surface area contributed by atoms with Crippen LogP contribution in [0.25, 0.3) is 0 Å². The molecule has 0 fully saturated rings. The molecule has 0 saturated carbocycles.